The topological polar surface area (TPSA) is 97.0 Å². The summed E-state index contributed by atoms with van der Waals surface area (Å²) in [4.78, 5) is 26.0. The summed E-state index contributed by atoms with van der Waals surface area (Å²) >= 11 is 1.21. The van der Waals surface area contributed by atoms with E-state index >= 15 is 0 Å². The summed E-state index contributed by atoms with van der Waals surface area (Å²) in [6, 6.07) is 0. The third-order valence-electron chi connectivity index (χ3n) is 1.47. The molecule has 0 aliphatic rings. The molecule has 7 nitrogen and oxygen atoms in total. The van der Waals surface area contributed by atoms with Gasteiger partial charge in [0.25, 0.3) is 0 Å². The van der Waals surface area contributed by atoms with Crippen molar-refractivity contribution in [3.63, 3.8) is 0 Å². The average Bonchev–Trinajstić information content (AvgIpc) is 2.77. The van der Waals surface area contributed by atoms with Gasteiger partial charge in [-0.25, -0.2) is 4.98 Å². The van der Waals surface area contributed by atoms with Crippen molar-refractivity contribution in [1.29, 1.82) is 0 Å². The van der Waals surface area contributed by atoms with Crippen LogP contribution >= 0.6 is 11.8 Å². The minimum absolute atomic E-state index is 0.108. The molecule has 1 aromatic rings. The Labute approximate surface area is 96.3 Å². The van der Waals surface area contributed by atoms with Crippen molar-refractivity contribution >= 4 is 23.6 Å². The number of rotatable bonds is 6. The fourth-order valence-corrected chi connectivity index (χ4v) is 1.44. The van der Waals surface area contributed by atoms with E-state index in [0.717, 1.165) is 0 Å². The number of thioether (sulfide) groups is 1. The van der Waals surface area contributed by atoms with Gasteiger partial charge in [0, 0.05) is 0 Å². The van der Waals surface area contributed by atoms with E-state index in [2.05, 4.69) is 25.2 Å². The monoisotopic (exact) mass is 244 g/mol. The van der Waals surface area contributed by atoms with Crippen LogP contribution in [-0.4, -0.2) is 46.0 Å². The Balaban J connectivity index is 2.14. The minimum atomic E-state index is -0.444. The molecule has 0 aliphatic carbocycles. The molecule has 0 spiro atoms. The van der Waals surface area contributed by atoms with Crippen molar-refractivity contribution in [3.8, 4) is 0 Å². The molecule has 0 radical (unpaired) electrons. The molecule has 0 aromatic carbocycles. The molecule has 0 unspecified atom stereocenters. The van der Waals surface area contributed by atoms with Crippen LogP contribution in [0, 0.1) is 0 Å². The van der Waals surface area contributed by atoms with Gasteiger partial charge in [0.15, 0.2) is 5.16 Å². The lowest BCUT2D eigenvalue weighted by Gasteiger charge is -2.03. The standard InChI is InChI=1S/C8H12N4O3S/c1-2-15-7(14)3-9-6(13)4-16-8-10-5-11-12-8/h5H,2-4H2,1H3,(H,9,13)(H,10,11,12). The highest BCUT2D eigenvalue weighted by Gasteiger charge is 2.07. The molecule has 0 fully saturated rings. The Morgan fingerprint density at radius 1 is 1.62 bits per heavy atom. The molecule has 1 amide bonds. The van der Waals surface area contributed by atoms with Crippen molar-refractivity contribution in [3.05, 3.63) is 6.33 Å². The van der Waals surface area contributed by atoms with Crippen LogP contribution in [0.3, 0.4) is 0 Å². The number of hydrogen-bond acceptors (Lipinski definition) is 6. The number of aromatic nitrogens is 3. The molecular weight excluding hydrogens is 232 g/mol. The normalized spacial score (nSPS) is 9.81. The minimum Gasteiger partial charge on any atom is -0.465 e. The van der Waals surface area contributed by atoms with Gasteiger partial charge >= 0.3 is 5.97 Å². The first-order valence-electron chi connectivity index (χ1n) is 4.63. The molecule has 1 heterocycles. The van der Waals surface area contributed by atoms with Gasteiger partial charge in [-0.15, -0.1) is 0 Å². The van der Waals surface area contributed by atoms with E-state index in [9.17, 15) is 9.59 Å². The van der Waals surface area contributed by atoms with E-state index in [1.165, 1.54) is 18.1 Å². The maximum atomic E-state index is 11.2. The van der Waals surface area contributed by atoms with Gasteiger partial charge in [-0.05, 0) is 6.92 Å². The number of nitrogens with zero attached hydrogens (tertiary/aromatic N) is 2. The maximum Gasteiger partial charge on any atom is 0.325 e. The summed E-state index contributed by atoms with van der Waals surface area (Å²) in [6.07, 6.45) is 1.36. The zero-order chi connectivity index (χ0) is 11.8. The lowest BCUT2D eigenvalue weighted by atomic mass is 10.6. The Morgan fingerprint density at radius 2 is 2.44 bits per heavy atom. The Hall–Kier alpha value is -1.57. The van der Waals surface area contributed by atoms with Gasteiger partial charge in [0.05, 0.1) is 12.4 Å². The lowest BCUT2D eigenvalue weighted by molar-refractivity contribution is -0.143. The van der Waals surface area contributed by atoms with Crippen LogP contribution in [0.5, 0.6) is 0 Å². The second kappa shape index (κ2) is 6.83. The van der Waals surface area contributed by atoms with Crippen molar-refractivity contribution < 1.29 is 14.3 Å². The summed E-state index contributed by atoms with van der Waals surface area (Å²) in [7, 11) is 0. The molecule has 8 heteroatoms. The van der Waals surface area contributed by atoms with Crippen molar-refractivity contribution in [1.82, 2.24) is 20.5 Å². The van der Waals surface area contributed by atoms with Crippen molar-refractivity contribution in [2.24, 2.45) is 0 Å². The fourth-order valence-electron chi connectivity index (χ4n) is 0.832. The third kappa shape index (κ3) is 4.78. The van der Waals surface area contributed by atoms with Gasteiger partial charge in [-0.1, -0.05) is 11.8 Å². The predicted molar refractivity (Wildman–Crippen MR) is 56.7 cm³/mol. The predicted octanol–water partition coefficient (Wildman–Crippen LogP) is -0.424. The summed E-state index contributed by atoms with van der Waals surface area (Å²) in [6.45, 7) is 1.91. The zero-order valence-electron chi connectivity index (χ0n) is 8.73. The number of carbonyl (C=O) groups excluding carboxylic acids is 2. The van der Waals surface area contributed by atoms with Crippen molar-refractivity contribution in [2.75, 3.05) is 18.9 Å². The maximum absolute atomic E-state index is 11.2. The molecule has 0 atom stereocenters. The molecule has 0 saturated heterocycles. The number of nitrogens with one attached hydrogen (secondary N) is 2. The van der Waals surface area contributed by atoms with Gasteiger partial charge in [-0.3, -0.25) is 14.7 Å². The average molecular weight is 244 g/mol. The van der Waals surface area contributed by atoms with Crippen LogP contribution in [-0.2, 0) is 14.3 Å². The summed E-state index contributed by atoms with van der Waals surface area (Å²) in [5, 5.41) is 9.24. The third-order valence-corrected chi connectivity index (χ3v) is 2.34. The summed E-state index contributed by atoms with van der Waals surface area (Å²) < 4.78 is 4.65. The largest absolute Gasteiger partial charge is 0.465 e. The highest BCUT2D eigenvalue weighted by atomic mass is 32.2. The number of aromatic amines is 1. The number of hydrogen-bond donors (Lipinski definition) is 2. The summed E-state index contributed by atoms with van der Waals surface area (Å²) in [5.74, 6) is -0.524. The summed E-state index contributed by atoms with van der Waals surface area (Å²) in [5.41, 5.74) is 0. The number of amides is 1. The van der Waals surface area contributed by atoms with Crippen molar-refractivity contribution in [2.45, 2.75) is 12.1 Å². The van der Waals surface area contributed by atoms with Gasteiger partial charge in [0.1, 0.15) is 12.9 Å². The molecule has 2 N–H and O–H groups in total. The quantitative estimate of drug-likeness (QED) is 0.521. The Kier molecular flexibility index (Phi) is 5.34. The smallest absolute Gasteiger partial charge is 0.325 e. The molecule has 1 aromatic heterocycles. The van der Waals surface area contributed by atoms with Crippen LogP contribution in [0.4, 0.5) is 0 Å². The van der Waals surface area contributed by atoms with E-state index < -0.39 is 5.97 Å². The Morgan fingerprint density at radius 3 is 3.06 bits per heavy atom. The van der Waals surface area contributed by atoms with Crippen LogP contribution in [0.25, 0.3) is 0 Å². The molecule has 1 rings (SSSR count). The van der Waals surface area contributed by atoms with Crippen LogP contribution in [0.15, 0.2) is 11.5 Å². The molecule has 88 valence electrons. The van der Waals surface area contributed by atoms with Crippen LogP contribution in [0.2, 0.25) is 0 Å². The second-order valence-electron chi connectivity index (χ2n) is 2.66. The molecule has 0 aliphatic heterocycles. The Bertz CT molecular complexity index is 341. The van der Waals surface area contributed by atoms with Crippen LogP contribution < -0.4 is 5.32 Å². The lowest BCUT2D eigenvalue weighted by Crippen LogP contribution is -2.31. The number of H-pyrrole nitrogens is 1. The zero-order valence-corrected chi connectivity index (χ0v) is 9.54. The van der Waals surface area contributed by atoms with E-state index in [4.69, 9.17) is 0 Å². The first-order valence-corrected chi connectivity index (χ1v) is 5.61. The van der Waals surface area contributed by atoms with Gasteiger partial charge in [0.2, 0.25) is 5.91 Å². The number of ether oxygens (including phenoxy) is 1. The van der Waals surface area contributed by atoms with E-state index in [-0.39, 0.29) is 18.2 Å². The molecule has 0 saturated carbocycles. The first kappa shape index (κ1) is 12.5. The highest BCUT2D eigenvalue weighted by Crippen LogP contribution is 2.09. The van der Waals surface area contributed by atoms with E-state index in [0.29, 0.717) is 11.8 Å². The molecule has 16 heavy (non-hydrogen) atoms. The van der Waals surface area contributed by atoms with Crippen LogP contribution in [0.1, 0.15) is 6.92 Å². The number of carbonyl (C=O) groups is 2. The van der Waals surface area contributed by atoms with Gasteiger partial charge in [-0.2, -0.15) is 5.10 Å². The highest BCUT2D eigenvalue weighted by molar-refractivity contribution is 7.99. The first-order chi connectivity index (χ1) is 7.72. The molecular formula is C8H12N4O3S. The van der Waals surface area contributed by atoms with Gasteiger partial charge < -0.3 is 10.1 Å². The molecule has 0 bridgehead atoms. The SMILES string of the molecule is CCOC(=O)CNC(=O)CSc1ncn[nH]1. The second-order valence-corrected chi connectivity index (χ2v) is 3.63. The van der Waals surface area contributed by atoms with E-state index in [1.54, 1.807) is 6.92 Å². The van der Waals surface area contributed by atoms with E-state index in [1.807, 2.05) is 0 Å². The number of esters is 1. The fraction of sp³-hybridized carbons (Fsp3) is 0.500.